The lowest BCUT2D eigenvalue weighted by Crippen LogP contribution is -2.33. The lowest BCUT2D eigenvalue weighted by molar-refractivity contribution is 0.286. The van der Waals surface area contributed by atoms with E-state index >= 15 is 0 Å². The summed E-state index contributed by atoms with van der Waals surface area (Å²) in [6, 6.07) is 3.27. The van der Waals surface area contributed by atoms with E-state index in [4.69, 9.17) is 33.9 Å². The molecule has 0 saturated carbocycles. The Morgan fingerprint density at radius 1 is 0.833 bits per heavy atom. The molecule has 0 aliphatic heterocycles. The molecule has 0 amide bonds. The van der Waals surface area contributed by atoms with Gasteiger partial charge in [0.25, 0.3) is 11.1 Å². The van der Waals surface area contributed by atoms with Crippen LogP contribution >= 0.6 is 40.4 Å². The Morgan fingerprint density at radius 3 is 1.69 bits per heavy atom. The van der Waals surface area contributed by atoms with Crippen LogP contribution < -0.4 is 20.6 Å². The molecule has 2 heterocycles. The second-order valence-electron chi connectivity index (χ2n) is 8.02. The summed E-state index contributed by atoms with van der Waals surface area (Å²) in [5, 5.41) is 22.3. The van der Waals surface area contributed by atoms with Gasteiger partial charge in [-0.25, -0.2) is 0 Å². The van der Waals surface area contributed by atoms with E-state index in [9.17, 15) is 19.8 Å². The molecule has 3 rings (SSSR count). The number of hydrogen-bond donors (Lipinski definition) is 2. The molecule has 0 saturated heterocycles. The van der Waals surface area contributed by atoms with Gasteiger partial charge in [0.1, 0.15) is 0 Å². The average molecular weight is 600 g/mol. The molecule has 1 aromatic carbocycles. The van der Waals surface area contributed by atoms with Crippen molar-refractivity contribution in [2.45, 2.75) is 19.8 Å². The predicted molar refractivity (Wildman–Crippen MR) is 144 cm³/mol. The number of benzene rings is 1. The maximum atomic E-state index is 13.5. The van der Waals surface area contributed by atoms with Crippen LogP contribution in [0.3, 0.4) is 0 Å². The molecule has 0 aliphatic rings. The topological polar surface area (TPSA) is 113 Å². The second-order valence-corrected chi connectivity index (χ2v) is 9.60. The summed E-state index contributed by atoms with van der Waals surface area (Å²) in [4.78, 5) is 27.0. The molecule has 0 aliphatic carbocycles. The molecule has 36 heavy (non-hydrogen) atoms. The summed E-state index contributed by atoms with van der Waals surface area (Å²) in [5.74, 6) is -1.31. The molecule has 0 spiro atoms. The first kappa shape index (κ1) is 27.7. The van der Waals surface area contributed by atoms with Gasteiger partial charge in [0.05, 0.1) is 34.7 Å². The predicted octanol–water partition coefficient (Wildman–Crippen LogP) is 3.37. The van der Waals surface area contributed by atoms with E-state index in [0.717, 1.165) is 0 Å². The van der Waals surface area contributed by atoms with Crippen molar-refractivity contribution < 1.29 is 19.7 Å². The molecule has 2 aromatic heterocycles. The third-order valence-electron chi connectivity index (χ3n) is 5.87. The summed E-state index contributed by atoms with van der Waals surface area (Å²) in [6.07, 6.45) is 0. The number of rotatable bonds is 7. The van der Waals surface area contributed by atoms with Crippen molar-refractivity contribution in [3.63, 3.8) is 0 Å². The number of aromatic nitrogens is 4. The summed E-state index contributed by atoms with van der Waals surface area (Å²) in [5.41, 5.74) is -1.19. The number of hydrogen-bond acceptors (Lipinski definition) is 8. The van der Waals surface area contributed by atoms with E-state index in [1.54, 1.807) is 12.1 Å². The van der Waals surface area contributed by atoms with E-state index in [1.807, 2.05) is 13.8 Å². The molecule has 0 bridgehead atoms. The fraction of sp³-hybridized carbons (Fsp3) is 0.391. The number of nitrogens with zero attached hydrogens (tertiary/aromatic N) is 4. The van der Waals surface area contributed by atoms with Gasteiger partial charge in [0, 0.05) is 28.2 Å². The Hall–Kier alpha value is -2.90. The standard InChI is InChI=1S/C23H27BrN4O6S2/c1-7-33-13-10-11(9-12(24)17(13)34-8-2)14(15-18(29)25(3)22(35)26(4)19(15)30)16-20(31)27(5)23(36)28(6)21(16)32/h9-10,14,29,31H,7-8H2,1-6H3. The zero-order valence-electron chi connectivity index (χ0n) is 20.7. The van der Waals surface area contributed by atoms with Crippen LogP contribution in [0.25, 0.3) is 0 Å². The molecule has 0 fully saturated rings. The van der Waals surface area contributed by atoms with Crippen molar-refractivity contribution in [2.24, 2.45) is 28.2 Å². The Morgan fingerprint density at radius 2 is 1.28 bits per heavy atom. The van der Waals surface area contributed by atoms with E-state index in [2.05, 4.69) is 15.9 Å². The number of halogens is 1. The zero-order chi connectivity index (χ0) is 27.1. The number of aromatic hydroxyl groups is 2. The lowest BCUT2D eigenvalue weighted by Gasteiger charge is -2.24. The minimum absolute atomic E-state index is 0.0754. The van der Waals surface area contributed by atoms with Crippen molar-refractivity contribution >= 4 is 40.4 Å². The van der Waals surface area contributed by atoms with Crippen molar-refractivity contribution in [3.8, 4) is 23.3 Å². The average Bonchev–Trinajstić information content (AvgIpc) is 2.85. The first-order valence-corrected chi connectivity index (χ1v) is 12.6. The van der Waals surface area contributed by atoms with Gasteiger partial charge in [-0.05, 0) is 71.9 Å². The van der Waals surface area contributed by atoms with Crippen LogP contribution in [-0.2, 0) is 28.2 Å². The van der Waals surface area contributed by atoms with Crippen LogP contribution in [0.15, 0.2) is 26.2 Å². The second kappa shape index (κ2) is 10.6. The van der Waals surface area contributed by atoms with E-state index < -0.39 is 28.8 Å². The van der Waals surface area contributed by atoms with Gasteiger partial charge in [-0.15, -0.1) is 0 Å². The van der Waals surface area contributed by atoms with Gasteiger partial charge >= 0.3 is 0 Å². The largest absolute Gasteiger partial charge is 0.494 e. The third kappa shape index (κ3) is 4.50. The van der Waals surface area contributed by atoms with Crippen molar-refractivity contribution in [1.82, 2.24) is 18.3 Å². The van der Waals surface area contributed by atoms with Crippen molar-refractivity contribution in [3.05, 3.63) is 63.5 Å². The van der Waals surface area contributed by atoms with Crippen molar-refractivity contribution in [2.75, 3.05) is 13.2 Å². The Bertz CT molecular complexity index is 1500. The highest BCUT2D eigenvalue weighted by Gasteiger charge is 2.33. The van der Waals surface area contributed by atoms with Gasteiger partial charge in [-0.1, -0.05) is 0 Å². The highest BCUT2D eigenvalue weighted by atomic mass is 79.9. The highest BCUT2D eigenvalue weighted by Crippen LogP contribution is 2.43. The fourth-order valence-electron chi connectivity index (χ4n) is 4.00. The van der Waals surface area contributed by atoms with Gasteiger partial charge < -0.3 is 19.7 Å². The maximum absolute atomic E-state index is 13.5. The van der Waals surface area contributed by atoms with Gasteiger partial charge in [0.2, 0.25) is 11.8 Å². The summed E-state index contributed by atoms with van der Waals surface area (Å²) < 4.78 is 17.1. The molecule has 10 nitrogen and oxygen atoms in total. The SMILES string of the molecule is CCOc1cc(C(c2c(O)n(C)c(=S)n(C)c2=O)c2c(O)n(C)c(=S)n(C)c2=O)cc(Br)c1OCC. The fourth-order valence-corrected chi connectivity index (χ4v) is 4.92. The molecule has 0 atom stereocenters. The first-order valence-electron chi connectivity index (χ1n) is 11.0. The molecule has 3 aromatic rings. The molecule has 2 N–H and O–H groups in total. The van der Waals surface area contributed by atoms with Gasteiger partial charge in [0.15, 0.2) is 21.0 Å². The monoisotopic (exact) mass is 598 g/mol. The minimum Gasteiger partial charge on any atom is -0.494 e. The van der Waals surface area contributed by atoms with Crippen LogP contribution in [0, 0.1) is 9.54 Å². The quantitative estimate of drug-likeness (QED) is 0.398. The molecule has 13 heteroatoms. The molecular weight excluding hydrogens is 572 g/mol. The van der Waals surface area contributed by atoms with E-state index in [0.29, 0.717) is 34.7 Å². The van der Waals surface area contributed by atoms with Crippen LogP contribution in [0.1, 0.15) is 36.5 Å². The summed E-state index contributed by atoms with van der Waals surface area (Å²) in [6.45, 7) is 4.33. The first-order chi connectivity index (χ1) is 16.9. The summed E-state index contributed by atoms with van der Waals surface area (Å²) >= 11 is 14.0. The summed E-state index contributed by atoms with van der Waals surface area (Å²) in [7, 11) is 5.94. The Labute approximate surface area is 225 Å². The highest BCUT2D eigenvalue weighted by molar-refractivity contribution is 9.10. The number of ether oxygens (including phenoxy) is 2. The van der Waals surface area contributed by atoms with Crippen LogP contribution in [0.5, 0.6) is 23.3 Å². The van der Waals surface area contributed by atoms with Crippen LogP contribution in [0.4, 0.5) is 0 Å². The van der Waals surface area contributed by atoms with E-state index in [-0.39, 0.29) is 20.7 Å². The zero-order valence-corrected chi connectivity index (χ0v) is 23.9. The maximum Gasteiger partial charge on any atom is 0.262 e. The van der Waals surface area contributed by atoms with Crippen LogP contribution in [-0.4, -0.2) is 41.7 Å². The minimum atomic E-state index is -1.22. The smallest absolute Gasteiger partial charge is 0.262 e. The van der Waals surface area contributed by atoms with Crippen molar-refractivity contribution in [1.29, 1.82) is 0 Å². The van der Waals surface area contributed by atoms with Gasteiger partial charge in [-0.3, -0.25) is 27.9 Å². The third-order valence-corrected chi connectivity index (χ3v) is 7.55. The molecule has 0 unspecified atom stereocenters. The molecule has 0 radical (unpaired) electrons. The molecule has 194 valence electrons. The van der Waals surface area contributed by atoms with Crippen LogP contribution in [0.2, 0.25) is 0 Å². The Kier molecular flexibility index (Phi) is 8.16. The lowest BCUT2D eigenvalue weighted by atomic mass is 9.86. The normalized spacial score (nSPS) is 11.2. The Balaban J connectivity index is 2.59. The molecular formula is C23H27BrN4O6S2. The van der Waals surface area contributed by atoms with Gasteiger partial charge in [-0.2, -0.15) is 0 Å². The van der Waals surface area contributed by atoms with E-state index in [1.165, 1.54) is 46.5 Å².